The molecule has 0 saturated heterocycles. The normalized spacial score (nSPS) is 11.3. The number of nitrogens with one attached hydrogen (secondary N) is 1. The summed E-state index contributed by atoms with van der Waals surface area (Å²) in [6, 6.07) is 8.26. The van der Waals surface area contributed by atoms with E-state index in [9.17, 15) is 8.42 Å². The third kappa shape index (κ3) is 3.55. The highest BCUT2D eigenvalue weighted by molar-refractivity contribution is 9.11. The van der Waals surface area contributed by atoms with Crippen molar-refractivity contribution in [3.05, 3.63) is 51.2 Å². The van der Waals surface area contributed by atoms with E-state index >= 15 is 0 Å². The zero-order valence-corrected chi connectivity index (χ0v) is 13.9. The molecule has 0 aliphatic heterocycles. The van der Waals surface area contributed by atoms with Crippen molar-refractivity contribution in [3.8, 4) is 0 Å². The van der Waals surface area contributed by atoms with Crippen LogP contribution in [0.3, 0.4) is 0 Å². The van der Waals surface area contributed by atoms with Gasteiger partial charge in [-0.1, -0.05) is 15.9 Å². The first kappa shape index (κ1) is 14.5. The lowest BCUT2D eigenvalue weighted by Gasteiger charge is -2.10. The fraction of sp³-hybridized carbons (Fsp3) is 0.0833. The second-order valence-electron chi connectivity index (χ2n) is 3.87. The van der Waals surface area contributed by atoms with Crippen molar-refractivity contribution >= 4 is 47.6 Å². The molecule has 0 bridgehead atoms. The molecule has 0 unspecified atom stereocenters. The van der Waals surface area contributed by atoms with Crippen LogP contribution < -0.4 is 4.72 Å². The predicted molar refractivity (Wildman–Crippen MR) is 81.6 cm³/mol. The monoisotopic (exact) mass is 404 g/mol. The molecule has 0 aliphatic carbocycles. The van der Waals surface area contributed by atoms with E-state index in [1.807, 2.05) is 0 Å². The SMILES string of the molecule is Cc1cc(NS(=O)(=O)c2cc(Br)ccc2Br)ccn1. The van der Waals surface area contributed by atoms with Gasteiger partial charge in [-0.15, -0.1) is 0 Å². The first-order valence-corrected chi connectivity index (χ1v) is 8.36. The summed E-state index contributed by atoms with van der Waals surface area (Å²) >= 11 is 6.50. The smallest absolute Gasteiger partial charge is 0.263 e. The van der Waals surface area contributed by atoms with E-state index in [4.69, 9.17) is 0 Å². The molecular formula is C12H10Br2N2O2S. The minimum atomic E-state index is -3.64. The fourth-order valence-corrected chi connectivity index (χ4v) is 4.05. The predicted octanol–water partition coefficient (Wildman–Crippen LogP) is 3.72. The molecule has 2 aromatic rings. The Morgan fingerprint density at radius 3 is 2.58 bits per heavy atom. The molecule has 0 spiro atoms. The van der Waals surface area contributed by atoms with E-state index in [-0.39, 0.29) is 4.90 Å². The van der Waals surface area contributed by atoms with Gasteiger partial charge in [0.05, 0.1) is 5.69 Å². The molecule has 1 aromatic carbocycles. The molecule has 0 amide bonds. The van der Waals surface area contributed by atoms with Gasteiger partial charge in [-0.05, 0) is 53.2 Å². The standard InChI is InChI=1S/C12H10Br2N2O2S/c1-8-6-10(4-5-15-8)16-19(17,18)12-7-9(13)2-3-11(12)14/h2-7H,1H3,(H,15,16). The van der Waals surface area contributed by atoms with Crippen LogP contribution >= 0.6 is 31.9 Å². The Morgan fingerprint density at radius 2 is 1.89 bits per heavy atom. The van der Waals surface area contributed by atoms with Gasteiger partial charge in [-0.25, -0.2) is 8.42 Å². The van der Waals surface area contributed by atoms with Crippen molar-refractivity contribution < 1.29 is 8.42 Å². The van der Waals surface area contributed by atoms with Crippen LogP contribution in [0, 0.1) is 6.92 Å². The van der Waals surface area contributed by atoms with E-state index in [0.717, 1.165) is 5.69 Å². The third-order valence-corrected chi connectivity index (χ3v) is 5.20. The van der Waals surface area contributed by atoms with Crippen LogP contribution in [0.1, 0.15) is 5.69 Å². The number of hydrogen-bond donors (Lipinski definition) is 1. The fourth-order valence-electron chi connectivity index (χ4n) is 1.50. The van der Waals surface area contributed by atoms with Crippen LogP contribution in [-0.2, 0) is 10.0 Å². The lowest BCUT2D eigenvalue weighted by atomic mass is 10.3. The number of halogens is 2. The lowest BCUT2D eigenvalue weighted by Crippen LogP contribution is -2.13. The summed E-state index contributed by atoms with van der Waals surface area (Å²) in [6.07, 6.45) is 1.56. The molecule has 1 aromatic heterocycles. The zero-order valence-electron chi connectivity index (χ0n) is 9.89. The average Bonchev–Trinajstić information content (AvgIpc) is 2.31. The van der Waals surface area contributed by atoms with Crippen LogP contribution in [0.25, 0.3) is 0 Å². The van der Waals surface area contributed by atoms with Gasteiger partial charge in [0, 0.05) is 20.8 Å². The Hall–Kier alpha value is -0.920. The van der Waals surface area contributed by atoms with Crippen LogP contribution in [-0.4, -0.2) is 13.4 Å². The Labute approximate surface area is 128 Å². The van der Waals surface area contributed by atoms with Crippen molar-refractivity contribution in [1.29, 1.82) is 0 Å². The van der Waals surface area contributed by atoms with E-state index < -0.39 is 10.0 Å². The van der Waals surface area contributed by atoms with Crippen molar-refractivity contribution in [3.63, 3.8) is 0 Å². The summed E-state index contributed by atoms with van der Waals surface area (Å²) in [5, 5.41) is 0. The largest absolute Gasteiger partial charge is 0.279 e. The summed E-state index contributed by atoms with van der Waals surface area (Å²) < 4.78 is 28.3. The average molecular weight is 406 g/mol. The zero-order chi connectivity index (χ0) is 14.0. The Balaban J connectivity index is 2.40. The number of nitrogens with zero attached hydrogens (tertiary/aromatic N) is 1. The molecule has 100 valence electrons. The first-order valence-electron chi connectivity index (χ1n) is 5.29. The molecule has 0 fully saturated rings. The molecule has 1 heterocycles. The van der Waals surface area contributed by atoms with Gasteiger partial charge in [-0.2, -0.15) is 0 Å². The summed E-state index contributed by atoms with van der Waals surface area (Å²) in [5.74, 6) is 0. The van der Waals surface area contributed by atoms with E-state index in [1.54, 1.807) is 43.5 Å². The van der Waals surface area contributed by atoms with Gasteiger partial charge >= 0.3 is 0 Å². The molecular weight excluding hydrogens is 396 g/mol. The Bertz CT molecular complexity index is 717. The maximum Gasteiger partial charge on any atom is 0.263 e. The van der Waals surface area contributed by atoms with Crippen molar-refractivity contribution in [2.45, 2.75) is 11.8 Å². The van der Waals surface area contributed by atoms with Gasteiger partial charge in [0.15, 0.2) is 0 Å². The molecule has 19 heavy (non-hydrogen) atoms. The summed E-state index contributed by atoms with van der Waals surface area (Å²) in [6.45, 7) is 1.80. The molecule has 4 nitrogen and oxygen atoms in total. The van der Waals surface area contributed by atoms with Crippen molar-refractivity contribution in [2.24, 2.45) is 0 Å². The molecule has 0 radical (unpaired) electrons. The maximum absolute atomic E-state index is 12.3. The first-order chi connectivity index (χ1) is 8.88. The van der Waals surface area contributed by atoms with Crippen LogP contribution in [0.2, 0.25) is 0 Å². The molecule has 0 saturated carbocycles. The van der Waals surface area contributed by atoms with Gasteiger partial charge in [-0.3, -0.25) is 9.71 Å². The van der Waals surface area contributed by atoms with E-state index in [2.05, 4.69) is 41.6 Å². The summed E-state index contributed by atoms with van der Waals surface area (Å²) in [7, 11) is -3.64. The van der Waals surface area contributed by atoms with Crippen molar-refractivity contribution in [1.82, 2.24) is 4.98 Å². The third-order valence-electron chi connectivity index (χ3n) is 2.33. The number of rotatable bonds is 3. The van der Waals surface area contributed by atoms with Crippen LogP contribution in [0.15, 0.2) is 50.4 Å². The minimum Gasteiger partial charge on any atom is -0.279 e. The number of anilines is 1. The molecule has 7 heteroatoms. The van der Waals surface area contributed by atoms with E-state index in [1.165, 1.54) is 0 Å². The van der Waals surface area contributed by atoms with Gasteiger partial charge in [0.25, 0.3) is 10.0 Å². The number of hydrogen-bond acceptors (Lipinski definition) is 3. The minimum absolute atomic E-state index is 0.177. The lowest BCUT2D eigenvalue weighted by molar-refractivity contribution is 0.600. The number of benzene rings is 1. The number of aromatic nitrogens is 1. The van der Waals surface area contributed by atoms with Gasteiger partial charge in [0.2, 0.25) is 0 Å². The molecule has 1 N–H and O–H groups in total. The second-order valence-corrected chi connectivity index (χ2v) is 7.29. The number of pyridine rings is 1. The topological polar surface area (TPSA) is 59.1 Å². The van der Waals surface area contributed by atoms with E-state index in [0.29, 0.717) is 14.6 Å². The van der Waals surface area contributed by atoms with Crippen LogP contribution in [0.5, 0.6) is 0 Å². The Kier molecular flexibility index (Phi) is 4.27. The highest BCUT2D eigenvalue weighted by Gasteiger charge is 2.18. The molecule has 0 atom stereocenters. The summed E-state index contributed by atoms with van der Waals surface area (Å²) in [5.41, 5.74) is 1.23. The summed E-state index contributed by atoms with van der Waals surface area (Å²) in [4.78, 5) is 4.20. The second kappa shape index (κ2) is 5.60. The highest BCUT2D eigenvalue weighted by atomic mass is 79.9. The number of aryl methyl sites for hydroxylation is 1. The molecule has 0 aliphatic rings. The maximum atomic E-state index is 12.3. The van der Waals surface area contributed by atoms with Gasteiger partial charge in [0.1, 0.15) is 4.90 Å². The van der Waals surface area contributed by atoms with Gasteiger partial charge < -0.3 is 0 Å². The molecule has 2 rings (SSSR count). The van der Waals surface area contributed by atoms with Crippen LogP contribution in [0.4, 0.5) is 5.69 Å². The number of sulfonamides is 1. The Morgan fingerprint density at radius 1 is 1.16 bits per heavy atom. The quantitative estimate of drug-likeness (QED) is 0.846. The van der Waals surface area contributed by atoms with Crippen molar-refractivity contribution in [2.75, 3.05) is 4.72 Å². The highest BCUT2D eigenvalue weighted by Crippen LogP contribution is 2.27.